The van der Waals surface area contributed by atoms with Crippen molar-refractivity contribution in [3.05, 3.63) is 35.4 Å². The van der Waals surface area contributed by atoms with E-state index in [2.05, 4.69) is 0 Å². The lowest BCUT2D eigenvalue weighted by Crippen LogP contribution is -2.41. The Kier molecular flexibility index (Phi) is 5.58. The van der Waals surface area contributed by atoms with E-state index < -0.39 is 10.0 Å². The van der Waals surface area contributed by atoms with E-state index >= 15 is 0 Å². The molecule has 0 amide bonds. The second-order valence-corrected chi connectivity index (χ2v) is 7.58. The second-order valence-electron chi connectivity index (χ2n) is 5.61. The summed E-state index contributed by atoms with van der Waals surface area (Å²) in [5.74, 6) is -0.368. The summed E-state index contributed by atoms with van der Waals surface area (Å²) in [6.45, 7) is 4.83. The van der Waals surface area contributed by atoms with Gasteiger partial charge < -0.3 is 4.74 Å². The molecular weight excluding hydrogens is 302 g/mol. The SMILES string of the molecule is CCOC(=O)C1CCN(S(=O)(=O)Cc2ccccc2C)CC1. The lowest BCUT2D eigenvalue weighted by atomic mass is 9.98. The van der Waals surface area contributed by atoms with Crippen LogP contribution in [0.1, 0.15) is 30.9 Å². The van der Waals surface area contributed by atoms with E-state index in [9.17, 15) is 13.2 Å². The molecule has 0 spiro atoms. The van der Waals surface area contributed by atoms with Gasteiger partial charge in [-0.1, -0.05) is 24.3 Å². The molecule has 1 heterocycles. The molecule has 1 aliphatic heterocycles. The monoisotopic (exact) mass is 325 g/mol. The minimum absolute atomic E-state index is 0.0176. The molecule has 2 rings (SSSR count). The third-order valence-corrected chi connectivity index (χ3v) is 5.89. The van der Waals surface area contributed by atoms with E-state index in [1.807, 2.05) is 31.2 Å². The number of carbonyl (C=O) groups excluding carboxylic acids is 1. The molecule has 1 aromatic carbocycles. The molecule has 1 fully saturated rings. The Bertz CT molecular complexity index is 619. The van der Waals surface area contributed by atoms with E-state index in [4.69, 9.17) is 4.74 Å². The van der Waals surface area contributed by atoms with E-state index in [-0.39, 0.29) is 17.6 Å². The number of hydrogen-bond acceptors (Lipinski definition) is 4. The van der Waals surface area contributed by atoms with Gasteiger partial charge in [0.2, 0.25) is 10.0 Å². The average molecular weight is 325 g/mol. The summed E-state index contributed by atoms with van der Waals surface area (Å²) >= 11 is 0. The molecular formula is C16H23NO4S. The molecule has 0 radical (unpaired) electrons. The van der Waals surface area contributed by atoms with Gasteiger partial charge in [-0.3, -0.25) is 4.79 Å². The Morgan fingerprint density at radius 2 is 1.91 bits per heavy atom. The molecule has 5 nitrogen and oxygen atoms in total. The number of carbonyl (C=O) groups is 1. The number of hydrogen-bond donors (Lipinski definition) is 0. The zero-order valence-corrected chi connectivity index (χ0v) is 13.9. The lowest BCUT2D eigenvalue weighted by molar-refractivity contribution is -0.149. The summed E-state index contributed by atoms with van der Waals surface area (Å²) in [5, 5.41) is 0. The Balaban J connectivity index is 1.98. The zero-order chi connectivity index (χ0) is 16.2. The normalized spacial score (nSPS) is 17.4. The van der Waals surface area contributed by atoms with Crippen LogP contribution in [0.2, 0.25) is 0 Å². The Labute approximate surface area is 132 Å². The minimum atomic E-state index is -3.34. The summed E-state index contributed by atoms with van der Waals surface area (Å²) in [6.07, 6.45) is 1.07. The highest BCUT2D eigenvalue weighted by molar-refractivity contribution is 7.88. The van der Waals surface area contributed by atoms with Crippen molar-refractivity contribution < 1.29 is 17.9 Å². The van der Waals surface area contributed by atoms with Crippen LogP contribution in [0.15, 0.2) is 24.3 Å². The number of nitrogens with zero attached hydrogens (tertiary/aromatic N) is 1. The maximum atomic E-state index is 12.5. The van der Waals surface area contributed by atoms with Crippen LogP contribution in [0.25, 0.3) is 0 Å². The summed E-state index contributed by atoms with van der Waals surface area (Å²) in [4.78, 5) is 11.7. The third-order valence-electron chi connectivity index (χ3n) is 4.07. The summed E-state index contributed by atoms with van der Waals surface area (Å²) in [7, 11) is -3.34. The molecule has 0 unspecified atom stereocenters. The highest BCUT2D eigenvalue weighted by Gasteiger charge is 2.31. The predicted octanol–water partition coefficient (Wildman–Crippen LogP) is 2.10. The molecule has 0 atom stereocenters. The molecule has 1 aliphatic rings. The average Bonchev–Trinajstić information content (AvgIpc) is 2.50. The van der Waals surface area contributed by atoms with E-state index in [0.29, 0.717) is 32.5 Å². The number of ether oxygens (including phenoxy) is 1. The first-order valence-corrected chi connectivity index (χ1v) is 9.24. The van der Waals surface area contributed by atoms with Crippen molar-refractivity contribution in [2.75, 3.05) is 19.7 Å². The van der Waals surface area contributed by atoms with Crippen molar-refractivity contribution in [3.63, 3.8) is 0 Å². The fraction of sp³-hybridized carbons (Fsp3) is 0.562. The van der Waals surface area contributed by atoms with Gasteiger partial charge in [-0.05, 0) is 37.8 Å². The van der Waals surface area contributed by atoms with Gasteiger partial charge in [-0.2, -0.15) is 0 Å². The number of piperidine rings is 1. The minimum Gasteiger partial charge on any atom is -0.466 e. The Morgan fingerprint density at radius 1 is 1.27 bits per heavy atom. The highest BCUT2D eigenvalue weighted by Crippen LogP contribution is 2.23. The maximum absolute atomic E-state index is 12.5. The smallest absolute Gasteiger partial charge is 0.309 e. The molecule has 6 heteroatoms. The zero-order valence-electron chi connectivity index (χ0n) is 13.1. The Hall–Kier alpha value is -1.40. The fourth-order valence-corrected chi connectivity index (χ4v) is 4.36. The van der Waals surface area contributed by atoms with Crippen LogP contribution < -0.4 is 0 Å². The van der Waals surface area contributed by atoms with Gasteiger partial charge in [0.1, 0.15) is 0 Å². The molecule has 0 aromatic heterocycles. The van der Waals surface area contributed by atoms with Crippen LogP contribution in [-0.4, -0.2) is 38.4 Å². The van der Waals surface area contributed by atoms with Crippen molar-refractivity contribution in [1.29, 1.82) is 0 Å². The number of rotatable bonds is 5. The summed E-state index contributed by atoms with van der Waals surface area (Å²) < 4.78 is 31.5. The molecule has 22 heavy (non-hydrogen) atoms. The van der Waals surface area contributed by atoms with Crippen molar-refractivity contribution >= 4 is 16.0 Å². The first kappa shape index (κ1) is 17.0. The fourth-order valence-electron chi connectivity index (χ4n) is 2.69. The van der Waals surface area contributed by atoms with Crippen LogP contribution in [0.3, 0.4) is 0 Å². The molecule has 0 N–H and O–H groups in total. The van der Waals surface area contributed by atoms with E-state index in [1.165, 1.54) is 4.31 Å². The van der Waals surface area contributed by atoms with Gasteiger partial charge in [-0.25, -0.2) is 12.7 Å². The highest BCUT2D eigenvalue weighted by atomic mass is 32.2. The van der Waals surface area contributed by atoms with Crippen LogP contribution in [0.5, 0.6) is 0 Å². The van der Waals surface area contributed by atoms with Gasteiger partial charge in [0.25, 0.3) is 0 Å². The van der Waals surface area contributed by atoms with E-state index in [1.54, 1.807) is 6.92 Å². The summed E-state index contributed by atoms with van der Waals surface area (Å²) in [6, 6.07) is 7.51. The van der Waals surface area contributed by atoms with Crippen molar-refractivity contribution in [2.24, 2.45) is 5.92 Å². The van der Waals surface area contributed by atoms with Crippen LogP contribution in [0, 0.1) is 12.8 Å². The molecule has 122 valence electrons. The molecule has 0 bridgehead atoms. The maximum Gasteiger partial charge on any atom is 0.309 e. The molecule has 1 aromatic rings. The molecule has 0 aliphatic carbocycles. The first-order valence-electron chi connectivity index (χ1n) is 7.63. The van der Waals surface area contributed by atoms with Crippen LogP contribution in [0.4, 0.5) is 0 Å². The van der Waals surface area contributed by atoms with Crippen LogP contribution in [-0.2, 0) is 25.3 Å². The number of aryl methyl sites for hydroxylation is 1. The van der Waals surface area contributed by atoms with Crippen molar-refractivity contribution in [3.8, 4) is 0 Å². The largest absolute Gasteiger partial charge is 0.466 e. The van der Waals surface area contributed by atoms with Gasteiger partial charge in [-0.15, -0.1) is 0 Å². The number of sulfonamides is 1. The topological polar surface area (TPSA) is 63.7 Å². The lowest BCUT2D eigenvalue weighted by Gasteiger charge is -2.30. The number of esters is 1. The molecule has 0 saturated carbocycles. The third kappa shape index (κ3) is 4.08. The van der Waals surface area contributed by atoms with Gasteiger partial charge in [0.05, 0.1) is 18.3 Å². The van der Waals surface area contributed by atoms with Crippen molar-refractivity contribution in [2.45, 2.75) is 32.4 Å². The number of benzene rings is 1. The first-order chi connectivity index (χ1) is 10.4. The van der Waals surface area contributed by atoms with Crippen molar-refractivity contribution in [1.82, 2.24) is 4.31 Å². The summed E-state index contributed by atoms with van der Waals surface area (Å²) in [5.41, 5.74) is 1.81. The standard InChI is InChI=1S/C16H23NO4S/c1-3-21-16(18)14-8-10-17(11-9-14)22(19,20)12-15-7-5-4-6-13(15)2/h4-7,14H,3,8-12H2,1-2H3. The van der Waals surface area contributed by atoms with E-state index in [0.717, 1.165) is 11.1 Å². The van der Waals surface area contributed by atoms with Gasteiger partial charge in [0.15, 0.2) is 0 Å². The van der Waals surface area contributed by atoms with Gasteiger partial charge >= 0.3 is 5.97 Å². The molecule has 1 saturated heterocycles. The quantitative estimate of drug-likeness (QED) is 0.778. The van der Waals surface area contributed by atoms with Crippen LogP contribution >= 0.6 is 0 Å². The Morgan fingerprint density at radius 3 is 2.50 bits per heavy atom. The van der Waals surface area contributed by atoms with Gasteiger partial charge in [0, 0.05) is 13.1 Å². The predicted molar refractivity (Wildman–Crippen MR) is 84.7 cm³/mol. The second kappa shape index (κ2) is 7.24.